The van der Waals surface area contributed by atoms with Crippen LogP contribution in [0.3, 0.4) is 0 Å². The van der Waals surface area contributed by atoms with Crippen molar-refractivity contribution >= 4 is 43.5 Å². The summed E-state index contributed by atoms with van der Waals surface area (Å²) < 4.78 is 27.1. The Bertz CT molecular complexity index is 1090. The molecule has 0 bridgehead atoms. The van der Waals surface area contributed by atoms with Gasteiger partial charge in [0, 0.05) is 16.6 Å². The van der Waals surface area contributed by atoms with Crippen LogP contribution in [-0.2, 0) is 26.2 Å². The predicted octanol–water partition coefficient (Wildman–Crippen LogP) is 4.25. The van der Waals surface area contributed by atoms with Gasteiger partial charge in [-0.3, -0.25) is 13.9 Å². The van der Waals surface area contributed by atoms with Crippen LogP contribution in [0.5, 0.6) is 0 Å². The van der Waals surface area contributed by atoms with Gasteiger partial charge in [-0.15, -0.1) is 0 Å². The van der Waals surface area contributed by atoms with Gasteiger partial charge in [0.05, 0.1) is 11.9 Å². The molecule has 0 aliphatic heterocycles. The molecule has 0 saturated carbocycles. The summed E-state index contributed by atoms with van der Waals surface area (Å²) in [4.78, 5) is 28.2. The maximum absolute atomic E-state index is 13.6. The molecule has 7 nitrogen and oxygen atoms in total. The summed E-state index contributed by atoms with van der Waals surface area (Å²) in [5.41, 5.74) is 1.84. The lowest BCUT2D eigenvalue weighted by atomic mass is 10.1. The van der Waals surface area contributed by atoms with Crippen LogP contribution in [0.15, 0.2) is 53.0 Å². The lowest BCUT2D eigenvalue weighted by Gasteiger charge is -2.34. The number of hydrogen-bond donors (Lipinski definition) is 1. The second kappa shape index (κ2) is 11.4. The van der Waals surface area contributed by atoms with Gasteiger partial charge in [-0.05, 0) is 63.9 Å². The monoisotopic (exact) mass is 551 g/mol. The quantitative estimate of drug-likeness (QED) is 0.504. The van der Waals surface area contributed by atoms with Crippen LogP contribution in [0, 0.1) is 6.92 Å². The Kier molecular flexibility index (Phi) is 9.30. The molecule has 2 aromatic carbocycles. The number of sulfonamides is 1. The van der Waals surface area contributed by atoms with E-state index < -0.39 is 34.1 Å². The van der Waals surface area contributed by atoms with E-state index in [1.165, 1.54) is 4.90 Å². The Balaban J connectivity index is 2.43. The maximum Gasteiger partial charge on any atom is 0.244 e. The number of hydrogen-bond acceptors (Lipinski definition) is 4. The largest absolute Gasteiger partial charge is 0.350 e. The lowest BCUT2D eigenvalue weighted by molar-refractivity contribution is -0.141. The topological polar surface area (TPSA) is 86.8 Å². The van der Waals surface area contributed by atoms with Crippen molar-refractivity contribution in [3.8, 4) is 0 Å². The number of carbonyl (C=O) groups excluding carboxylic acids is 2. The van der Waals surface area contributed by atoms with Crippen LogP contribution in [0.25, 0.3) is 0 Å². The van der Waals surface area contributed by atoms with Gasteiger partial charge in [0.15, 0.2) is 0 Å². The van der Waals surface area contributed by atoms with E-state index in [-0.39, 0.29) is 12.5 Å². The van der Waals surface area contributed by atoms with Gasteiger partial charge < -0.3 is 10.2 Å². The highest BCUT2D eigenvalue weighted by atomic mass is 79.9. The fourth-order valence-corrected chi connectivity index (χ4v) is 4.60. The molecule has 0 heterocycles. The standard InChI is InChI=1S/C25H34BrN3O4S/c1-7-22(24(31)27-25(3,4)5)28(16-19-10-8-18(2)9-11-19)23(30)17-29(34(6,32)33)21-14-12-20(26)13-15-21/h8-15,22H,7,16-17H2,1-6H3,(H,27,31)/t22-/m0/s1. The molecule has 34 heavy (non-hydrogen) atoms. The van der Waals surface area contributed by atoms with Crippen LogP contribution in [-0.4, -0.2) is 49.5 Å². The molecule has 0 aromatic heterocycles. The zero-order chi connectivity index (χ0) is 25.7. The number of carbonyl (C=O) groups is 2. The summed E-state index contributed by atoms with van der Waals surface area (Å²) in [6, 6.07) is 13.6. The molecule has 1 N–H and O–H groups in total. The summed E-state index contributed by atoms with van der Waals surface area (Å²) in [6.07, 6.45) is 1.45. The number of amides is 2. The third kappa shape index (κ3) is 8.13. The first-order chi connectivity index (χ1) is 15.7. The van der Waals surface area contributed by atoms with Gasteiger partial charge in [0.25, 0.3) is 0 Å². The van der Waals surface area contributed by atoms with Crippen LogP contribution in [0.1, 0.15) is 45.2 Å². The summed E-state index contributed by atoms with van der Waals surface area (Å²) in [6.45, 7) is 9.22. The molecule has 0 saturated heterocycles. The fraction of sp³-hybridized carbons (Fsp3) is 0.440. The number of anilines is 1. The number of rotatable bonds is 9. The van der Waals surface area contributed by atoms with Crippen molar-refractivity contribution in [3.05, 3.63) is 64.1 Å². The first-order valence-corrected chi connectivity index (χ1v) is 13.8. The van der Waals surface area contributed by atoms with Gasteiger partial charge in [-0.25, -0.2) is 8.42 Å². The molecular weight excluding hydrogens is 518 g/mol. The molecule has 0 aliphatic rings. The van der Waals surface area contributed by atoms with E-state index in [0.717, 1.165) is 26.2 Å². The third-order valence-corrected chi connectivity index (χ3v) is 6.82. The minimum atomic E-state index is -3.75. The first kappa shape index (κ1) is 27.9. The average molecular weight is 553 g/mol. The lowest BCUT2D eigenvalue weighted by Crippen LogP contribution is -2.55. The molecule has 186 valence electrons. The first-order valence-electron chi connectivity index (χ1n) is 11.1. The minimum Gasteiger partial charge on any atom is -0.350 e. The Hall–Kier alpha value is -2.39. The second-order valence-electron chi connectivity index (χ2n) is 9.42. The summed E-state index contributed by atoms with van der Waals surface area (Å²) >= 11 is 3.34. The molecular formula is C25H34BrN3O4S. The maximum atomic E-state index is 13.6. The van der Waals surface area contributed by atoms with E-state index in [1.807, 2.05) is 58.9 Å². The van der Waals surface area contributed by atoms with Gasteiger partial charge in [0.2, 0.25) is 21.8 Å². The normalized spacial score (nSPS) is 12.7. The Morgan fingerprint density at radius 1 is 1.03 bits per heavy atom. The summed E-state index contributed by atoms with van der Waals surface area (Å²) in [7, 11) is -3.75. The molecule has 0 aliphatic carbocycles. The Morgan fingerprint density at radius 3 is 2.06 bits per heavy atom. The molecule has 2 amide bonds. The smallest absolute Gasteiger partial charge is 0.244 e. The van der Waals surface area contributed by atoms with Crippen molar-refractivity contribution in [1.29, 1.82) is 0 Å². The number of nitrogens with one attached hydrogen (secondary N) is 1. The number of aryl methyl sites for hydroxylation is 1. The van der Waals surface area contributed by atoms with E-state index in [0.29, 0.717) is 12.1 Å². The second-order valence-corrected chi connectivity index (χ2v) is 12.2. The molecule has 0 fully saturated rings. The Morgan fingerprint density at radius 2 is 1.59 bits per heavy atom. The van der Waals surface area contributed by atoms with Crippen molar-refractivity contribution in [3.63, 3.8) is 0 Å². The highest BCUT2D eigenvalue weighted by molar-refractivity contribution is 9.10. The molecule has 0 unspecified atom stereocenters. The van der Waals surface area contributed by atoms with Gasteiger partial charge in [-0.1, -0.05) is 52.7 Å². The van der Waals surface area contributed by atoms with Crippen molar-refractivity contribution in [1.82, 2.24) is 10.2 Å². The average Bonchev–Trinajstić information content (AvgIpc) is 2.72. The summed E-state index contributed by atoms with van der Waals surface area (Å²) in [5, 5.41) is 2.95. The van der Waals surface area contributed by atoms with Gasteiger partial charge in [0.1, 0.15) is 12.6 Å². The molecule has 0 spiro atoms. The Labute approximate surface area is 211 Å². The van der Waals surface area contributed by atoms with Crippen LogP contribution < -0.4 is 9.62 Å². The third-order valence-electron chi connectivity index (χ3n) is 5.15. The van der Waals surface area contributed by atoms with Crippen molar-refractivity contribution in [2.45, 2.75) is 59.2 Å². The molecule has 0 radical (unpaired) electrons. The summed E-state index contributed by atoms with van der Waals surface area (Å²) in [5.74, 6) is -0.727. The van der Waals surface area contributed by atoms with E-state index in [2.05, 4.69) is 21.2 Å². The van der Waals surface area contributed by atoms with E-state index >= 15 is 0 Å². The van der Waals surface area contributed by atoms with Crippen molar-refractivity contribution in [2.75, 3.05) is 17.1 Å². The number of benzene rings is 2. The van der Waals surface area contributed by atoms with E-state index in [9.17, 15) is 18.0 Å². The van der Waals surface area contributed by atoms with Crippen molar-refractivity contribution < 1.29 is 18.0 Å². The highest BCUT2D eigenvalue weighted by Crippen LogP contribution is 2.22. The van der Waals surface area contributed by atoms with Crippen LogP contribution in [0.4, 0.5) is 5.69 Å². The zero-order valence-electron chi connectivity index (χ0n) is 20.6. The molecule has 2 aromatic rings. The molecule has 2 rings (SSSR count). The molecule has 1 atom stereocenters. The number of nitrogens with zero attached hydrogens (tertiary/aromatic N) is 2. The highest BCUT2D eigenvalue weighted by Gasteiger charge is 2.33. The zero-order valence-corrected chi connectivity index (χ0v) is 23.0. The van der Waals surface area contributed by atoms with Crippen molar-refractivity contribution in [2.24, 2.45) is 0 Å². The SMILES string of the molecule is CC[C@@H](C(=O)NC(C)(C)C)N(Cc1ccc(C)cc1)C(=O)CN(c1ccc(Br)cc1)S(C)(=O)=O. The minimum absolute atomic E-state index is 0.188. The van der Waals surface area contributed by atoms with E-state index in [1.54, 1.807) is 24.3 Å². The van der Waals surface area contributed by atoms with Gasteiger partial charge >= 0.3 is 0 Å². The predicted molar refractivity (Wildman–Crippen MR) is 140 cm³/mol. The van der Waals surface area contributed by atoms with Gasteiger partial charge in [-0.2, -0.15) is 0 Å². The van der Waals surface area contributed by atoms with Crippen LogP contribution >= 0.6 is 15.9 Å². The van der Waals surface area contributed by atoms with Crippen LogP contribution in [0.2, 0.25) is 0 Å². The number of halogens is 1. The fourth-order valence-electron chi connectivity index (χ4n) is 3.48. The molecule has 9 heteroatoms. The van der Waals surface area contributed by atoms with E-state index in [4.69, 9.17) is 0 Å².